The minimum absolute atomic E-state index is 0.000207. The van der Waals surface area contributed by atoms with Gasteiger partial charge in [-0.1, -0.05) is 124 Å². The van der Waals surface area contributed by atoms with Gasteiger partial charge in [0, 0.05) is 26.6 Å². The first-order valence-corrected chi connectivity index (χ1v) is 25.8. The Kier molecular flexibility index (Phi) is 32.2. The second-order valence-corrected chi connectivity index (χ2v) is 18.5. The van der Waals surface area contributed by atoms with Crippen molar-refractivity contribution in [2.24, 2.45) is 11.8 Å². The van der Waals surface area contributed by atoms with Gasteiger partial charge in [-0.05, 0) is 90.0 Å². The van der Waals surface area contributed by atoms with E-state index in [0.29, 0.717) is 31.4 Å². The van der Waals surface area contributed by atoms with Gasteiger partial charge in [0.15, 0.2) is 0 Å². The third-order valence-corrected chi connectivity index (χ3v) is 11.7. The number of alkyl carbamates (subject to hydrolysis) is 1. The summed E-state index contributed by atoms with van der Waals surface area (Å²) in [6.45, 7) is 20.3. The lowest BCUT2D eigenvalue weighted by molar-refractivity contribution is -0.148. The second kappa shape index (κ2) is 34.6. The molecule has 5 N–H and O–H groups in total. The summed E-state index contributed by atoms with van der Waals surface area (Å²) in [4.78, 5) is 97.9. The molecule has 3 rings (SSSR count). The maximum Gasteiger partial charge on any atom is 0.408 e. The summed E-state index contributed by atoms with van der Waals surface area (Å²) in [5, 5.41) is 20.5. The van der Waals surface area contributed by atoms with Crippen LogP contribution in [-0.4, -0.2) is 125 Å². The fourth-order valence-corrected chi connectivity index (χ4v) is 8.20. The summed E-state index contributed by atoms with van der Waals surface area (Å²) in [5.41, 5.74) is -0.851. The van der Waals surface area contributed by atoms with Crippen molar-refractivity contribution >= 4 is 41.4 Å². The minimum atomic E-state index is -4.79. The molecule has 1 aliphatic heterocycles. The normalized spacial score (nSPS) is 18.1. The van der Waals surface area contributed by atoms with E-state index in [0.717, 1.165) is 38.5 Å². The van der Waals surface area contributed by atoms with Crippen LogP contribution in [0.4, 0.5) is 18.0 Å². The van der Waals surface area contributed by atoms with E-state index in [1.54, 1.807) is 45.2 Å². The van der Waals surface area contributed by atoms with Gasteiger partial charge in [0.1, 0.15) is 18.1 Å². The van der Waals surface area contributed by atoms with Crippen LogP contribution < -0.4 is 21.3 Å². The number of nitrogens with one attached hydrogen (secondary N) is 4. The maximum absolute atomic E-state index is 14.4. The molecule has 0 bridgehead atoms. The predicted molar refractivity (Wildman–Crippen MR) is 268 cm³/mol. The number of amides is 6. The van der Waals surface area contributed by atoms with Gasteiger partial charge in [-0.2, -0.15) is 13.2 Å². The largest absolute Gasteiger partial charge is 0.447 e. The molecule has 1 saturated heterocycles. The smallest absolute Gasteiger partial charge is 0.408 e. The topological polar surface area (TPSA) is 204 Å². The molecular formula is C52H89F3N6O9. The van der Waals surface area contributed by atoms with E-state index >= 15 is 0 Å². The Hall–Kier alpha value is -4.74. The molecule has 5 atom stereocenters. The number of hydrogen-bond acceptors (Lipinski definition) is 9. The number of Topliss-reactive ketones (excluding diaryl/α,β-unsaturated/α-hetero) is 1. The summed E-state index contributed by atoms with van der Waals surface area (Å²) in [6.07, 6.45) is 9.69. The molecule has 1 heterocycles. The Morgan fingerprint density at radius 3 is 2.06 bits per heavy atom. The zero-order valence-corrected chi connectivity index (χ0v) is 44.4. The van der Waals surface area contributed by atoms with Crippen LogP contribution in [0.2, 0.25) is 0 Å². The Balaban J connectivity index is 0.00000557. The van der Waals surface area contributed by atoms with Crippen LogP contribution in [-0.2, 0) is 33.5 Å². The quantitative estimate of drug-likeness (QED) is 0.0521. The Labute approximate surface area is 417 Å². The number of carbonyl (C=O) groups is 7. The van der Waals surface area contributed by atoms with Crippen molar-refractivity contribution in [1.82, 2.24) is 31.1 Å². The van der Waals surface area contributed by atoms with Crippen LogP contribution >= 0.6 is 0 Å². The van der Waals surface area contributed by atoms with Gasteiger partial charge in [0.05, 0.1) is 24.3 Å². The molecule has 2 fully saturated rings. The van der Waals surface area contributed by atoms with Gasteiger partial charge >= 0.3 is 12.3 Å². The molecule has 0 aromatic rings. The van der Waals surface area contributed by atoms with Gasteiger partial charge in [0.25, 0.3) is 5.91 Å². The SMILES string of the molecule is CC.CC.CCCC.CCCCCN(C)C(=O)C(NC(=O)CNC(=O)C(=O)C(CCC(F)(F)F)NC(=O)C1[C@@H](CC(C)(C)O)CCN1C(=O)C(NC(=O)OC(C)C)C1CCCCC1)C1=CCC=CC=C1. The van der Waals surface area contributed by atoms with E-state index in [9.17, 15) is 51.8 Å². The molecule has 6 amide bonds. The van der Waals surface area contributed by atoms with Crippen molar-refractivity contribution in [3.63, 3.8) is 0 Å². The molecular weight excluding hydrogens is 910 g/mol. The van der Waals surface area contributed by atoms with E-state index in [1.165, 1.54) is 36.5 Å². The van der Waals surface area contributed by atoms with Crippen LogP contribution in [0, 0.1) is 11.8 Å². The van der Waals surface area contributed by atoms with Crippen molar-refractivity contribution in [3.05, 3.63) is 36.0 Å². The summed E-state index contributed by atoms with van der Waals surface area (Å²) in [7, 11) is 1.61. The lowest BCUT2D eigenvalue weighted by atomic mass is 9.83. The second-order valence-electron chi connectivity index (χ2n) is 18.5. The average Bonchev–Trinajstić information content (AvgIpc) is 3.53. The molecule has 402 valence electrons. The average molecular weight is 999 g/mol. The first kappa shape index (κ1) is 65.3. The first-order chi connectivity index (χ1) is 33.0. The van der Waals surface area contributed by atoms with E-state index in [2.05, 4.69) is 35.1 Å². The number of unbranched alkanes of at least 4 members (excludes halogenated alkanes) is 3. The van der Waals surface area contributed by atoms with Gasteiger partial charge < -0.3 is 40.9 Å². The Morgan fingerprint density at radius 1 is 0.871 bits per heavy atom. The third kappa shape index (κ3) is 24.9. The van der Waals surface area contributed by atoms with E-state index in [4.69, 9.17) is 4.74 Å². The van der Waals surface area contributed by atoms with Crippen molar-refractivity contribution in [3.8, 4) is 0 Å². The van der Waals surface area contributed by atoms with Crippen molar-refractivity contribution < 1.29 is 56.6 Å². The monoisotopic (exact) mass is 999 g/mol. The number of allylic oxidation sites excluding steroid dienone is 4. The molecule has 1 saturated carbocycles. The summed E-state index contributed by atoms with van der Waals surface area (Å²) in [6, 6.07) is -5.66. The number of nitrogens with zero attached hydrogens (tertiary/aromatic N) is 2. The highest BCUT2D eigenvalue weighted by molar-refractivity contribution is 6.38. The zero-order chi connectivity index (χ0) is 53.6. The van der Waals surface area contributed by atoms with Gasteiger partial charge in [0.2, 0.25) is 29.4 Å². The van der Waals surface area contributed by atoms with Crippen molar-refractivity contribution in [2.45, 2.75) is 215 Å². The molecule has 3 aliphatic rings. The number of alkyl halides is 3. The fraction of sp³-hybridized carbons (Fsp3) is 0.750. The summed E-state index contributed by atoms with van der Waals surface area (Å²) in [5.74, 6) is -6.85. The molecule has 0 radical (unpaired) electrons. The van der Waals surface area contributed by atoms with Crippen LogP contribution in [0.3, 0.4) is 0 Å². The van der Waals surface area contributed by atoms with Crippen LogP contribution in [0.5, 0.6) is 0 Å². The number of likely N-dealkylation sites (N-methyl/N-ethyl adjacent to an activating group) is 1. The summed E-state index contributed by atoms with van der Waals surface area (Å²) < 4.78 is 46.1. The molecule has 0 spiro atoms. The third-order valence-electron chi connectivity index (χ3n) is 11.7. The van der Waals surface area contributed by atoms with Crippen LogP contribution in [0.15, 0.2) is 36.0 Å². The Bertz CT molecular complexity index is 1700. The van der Waals surface area contributed by atoms with Crippen molar-refractivity contribution in [1.29, 1.82) is 0 Å². The summed E-state index contributed by atoms with van der Waals surface area (Å²) >= 11 is 0. The van der Waals surface area contributed by atoms with E-state index in [1.807, 2.05) is 40.7 Å². The lowest BCUT2D eigenvalue weighted by Crippen LogP contribution is -2.59. The molecule has 0 aromatic heterocycles. The lowest BCUT2D eigenvalue weighted by Gasteiger charge is -2.36. The van der Waals surface area contributed by atoms with Crippen molar-refractivity contribution in [2.75, 3.05) is 26.7 Å². The number of halogens is 3. The number of ether oxygens (including phenoxy) is 1. The van der Waals surface area contributed by atoms with Crippen LogP contribution in [0.1, 0.15) is 172 Å². The van der Waals surface area contributed by atoms with Gasteiger partial charge in [-0.15, -0.1) is 0 Å². The van der Waals surface area contributed by atoms with Gasteiger partial charge in [-0.25, -0.2) is 4.79 Å². The predicted octanol–water partition coefficient (Wildman–Crippen LogP) is 8.40. The Morgan fingerprint density at radius 2 is 1.50 bits per heavy atom. The van der Waals surface area contributed by atoms with E-state index in [-0.39, 0.29) is 25.3 Å². The molecule has 4 unspecified atom stereocenters. The highest BCUT2D eigenvalue weighted by Crippen LogP contribution is 2.35. The number of ketones is 1. The highest BCUT2D eigenvalue weighted by atomic mass is 19.4. The number of carbonyl (C=O) groups excluding carboxylic acids is 7. The zero-order valence-electron chi connectivity index (χ0n) is 44.4. The first-order valence-electron chi connectivity index (χ1n) is 25.8. The van der Waals surface area contributed by atoms with Gasteiger partial charge in [-0.3, -0.25) is 28.8 Å². The number of likely N-dealkylation sites (tertiary alicyclic amines) is 1. The highest BCUT2D eigenvalue weighted by Gasteiger charge is 2.48. The number of hydrogen-bond donors (Lipinski definition) is 5. The standard InChI is InChI=1S/C44H67F3N6O9.C4H10.2C2H6/c1-7-8-16-24-52(6)40(58)34(29-17-12-9-10-13-18-29)50-33(54)27-48-39(57)37(55)32(21-23-44(45,46)47)49-38(56)36-31(26-43(4,5)61)22-25-53(36)41(59)35(30-19-14-11-15-20-30)51-42(60)62-28(2)3;1-3-4-2;2*1-2/h9-10,12,17-18,28,30-32,34-36,61H,7-8,11,13-16,19-27H2,1-6H3,(H,48,57)(H,49,56)(H,50,54)(H,51,60);3-4H2,1-2H3;2*1-2H3/t31-,32?,34?,35?,36?;;;/m1.../s1. The fourth-order valence-electron chi connectivity index (χ4n) is 8.20. The molecule has 2 aliphatic carbocycles. The van der Waals surface area contributed by atoms with E-state index < -0.39 is 109 Å². The number of aliphatic hydroxyl groups is 1. The molecule has 70 heavy (non-hydrogen) atoms. The molecule has 0 aromatic carbocycles. The minimum Gasteiger partial charge on any atom is -0.447 e. The van der Waals surface area contributed by atoms with Crippen LogP contribution in [0.25, 0.3) is 0 Å². The number of rotatable bonds is 22. The molecule has 18 heteroatoms. The maximum atomic E-state index is 14.4. The molecule has 15 nitrogen and oxygen atoms in total.